The average Bonchev–Trinajstić information content (AvgIpc) is 2.90. The van der Waals surface area contributed by atoms with Crippen molar-refractivity contribution in [2.24, 2.45) is 0 Å². The first-order valence-electron chi connectivity index (χ1n) is 6.25. The van der Waals surface area contributed by atoms with Crippen LogP contribution in [0.2, 0.25) is 0 Å². The zero-order valence-corrected chi connectivity index (χ0v) is 12.0. The van der Waals surface area contributed by atoms with Gasteiger partial charge in [-0.2, -0.15) is 0 Å². The second-order valence-corrected chi connectivity index (χ2v) is 5.30. The molecule has 21 heavy (non-hydrogen) atoms. The standard InChI is InChI=1S/C15H12FN3OS/c1-21-12-4-2-3-11(7-12)17-15(20)13-9-19-8-10(16)5-6-14(19)18-13/h2-9H,1H3,(H,17,20). The van der Waals surface area contributed by atoms with Gasteiger partial charge in [0.25, 0.3) is 5.91 Å². The minimum atomic E-state index is -0.375. The molecule has 4 nitrogen and oxygen atoms in total. The van der Waals surface area contributed by atoms with E-state index in [4.69, 9.17) is 0 Å². The molecule has 0 unspecified atom stereocenters. The van der Waals surface area contributed by atoms with Gasteiger partial charge in [-0.25, -0.2) is 9.37 Å². The van der Waals surface area contributed by atoms with Crippen molar-refractivity contribution in [2.75, 3.05) is 11.6 Å². The van der Waals surface area contributed by atoms with Crippen molar-refractivity contribution in [2.45, 2.75) is 4.90 Å². The number of hydrogen-bond acceptors (Lipinski definition) is 3. The molecule has 1 amide bonds. The fourth-order valence-electron chi connectivity index (χ4n) is 1.97. The monoisotopic (exact) mass is 301 g/mol. The lowest BCUT2D eigenvalue weighted by atomic mass is 10.3. The molecule has 6 heteroatoms. The van der Waals surface area contributed by atoms with Gasteiger partial charge in [0.1, 0.15) is 17.2 Å². The van der Waals surface area contributed by atoms with Crippen LogP contribution in [0.25, 0.3) is 5.65 Å². The van der Waals surface area contributed by atoms with E-state index in [9.17, 15) is 9.18 Å². The van der Waals surface area contributed by atoms with Gasteiger partial charge in [0.15, 0.2) is 0 Å². The summed E-state index contributed by atoms with van der Waals surface area (Å²) >= 11 is 1.60. The SMILES string of the molecule is CSc1cccc(NC(=O)c2cn3cc(F)ccc3n2)c1. The summed E-state index contributed by atoms with van der Waals surface area (Å²) in [6, 6.07) is 10.4. The maximum Gasteiger partial charge on any atom is 0.275 e. The smallest absolute Gasteiger partial charge is 0.275 e. The van der Waals surface area contributed by atoms with Gasteiger partial charge in [-0.3, -0.25) is 4.79 Å². The Morgan fingerprint density at radius 2 is 2.14 bits per heavy atom. The number of imidazole rings is 1. The third-order valence-corrected chi connectivity index (χ3v) is 3.70. The highest BCUT2D eigenvalue weighted by Crippen LogP contribution is 2.19. The summed E-state index contributed by atoms with van der Waals surface area (Å²) < 4.78 is 14.6. The molecule has 0 aliphatic rings. The van der Waals surface area contributed by atoms with Crippen LogP contribution in [0, 0.1) is 5.82 Å². The number of amides is 1. The van der Waals surface area contributed by atoms with E-state index in [2.05, 4.69) is 10.3 Å². The molecule has 0 atom stereocenters. The summed E-state index contributed by atoms with van der Waals surface area (Å²) in [7, 11) is 0. The zero-order valence-electron chi connectivity index (χ0n) is 11.2. The van der Waals surface area contributed by atoms with E-state index in [1.807, 2.05) is 30.5 Å². The highest BCUT2D eigenvalue weighted by molar-refractivity contribution is 7.98. The summed E-state index contributed by atoms with van der Waals surface area (Å²) in [6.45, 7) is 0. The fraction of sp³-hybridized carbons (Fsp3) is 0.0667. The van der Waals surface area contributed by atoms with E-state index in [-0.39, 0.29) is 17.4 Å². The molecule has 0 saturated heterocycles. The second kappa shape index (κ2) is 5.57. The molecular weight excluding hydrogens is 289 g/mol. The number of anilines is 1. The molecule has 3 aromatic rings. The van der Waals surface area contributed by atoms with Crippen LogP contribution < -0.4 is 5.32 Å². The Morgan fingerprint density at radius 1 is 1.29 bits per heavy atom. The van der Waals surface area contributed by atoms with Crippen molar-refractivity contribution >= 4 is 29.0 Å². The number of halogens is 1. The van der Waals surface area contributed by atoms with Crippen molar-refractivity contribution in [1.29, 1.82) is 0 Å². The molecule has 0 bridgehead atoms. The topological polar surface area (TPSA) is 46.4 Å². The summed E-state index contributed by atoms with van der Waals surface area (Å²) in [6.07, 6.45) is 4.76. The summed E-state index contributed by atoms with van der Waals surface area (Å²) in [5.74, 6) is -0.697. The highest BCUT2D eigenvalue weighted by Gasteiger charge is 2.11. The third kappa shape index (κ3) is 2.90. The first kappa shape index (κ1) is 13.6. The number of pyridine rings is 1. The molecule has 106 valence electrons. The molecule has 2 heterocycles. The van der Waals surface area contributed by atoms with E-state index in [1.54, 1.807) is 11.8 Å². The van der Waals surface area contributed by atoms with E-state index in [0.29, 0.717) is 11.3 Å². The van der Waals surface area contributed by atoms with Crippen LogP contribution in [0.5, 0.6) is 0 Å². The maximum atomic E-state index is 13.1. The minimum Gasteiger partial charge on any atom is -0.321 e. The van der Waals surface area contributed by atoms with Gasteiger partial charge < -0.3 is 9.72 Å². The summed E-state index contributed by atoms with van der Waals surface area (Å²) in [5.41, 5.74) is 1.48. The van der Waals surface area contributed by atoms with Gasteiger partial charge in [0.2, 0.25) is 0 Å². The van der Waals surface area contributed by atoms with Gasteiger partial charge >= 0.3 is 0 Å². The Balaban J connectivity index is 1.86. The zero-order chi connectivity index (χ0) is 14.8. The number of carbonyl (C=O) groups excluding carboxylic acids is 1. The molecule has 0 radical (unpaired) electrons. The third-order valence-electron chi connectivity index (χ3n) is 2.98. The van der Waals surface area contributed by atoms with Crippen molar-refractivity contribution in [3.8, 4) is 0 Å². The van der Waals surface area contributed by atoms with Crippen LogP contribution in [-0.2, 0) is 0 Å². The Kier molecular flexibility index (Phi) is 3.62. The molecule has 0 saturated carbocycles. The summed E-state index contributed by atoms with van der Waals surface area (Å²) in [5, 5.41) is 2.79. The second-order valence-electron chi connectivity index (χ2n) is 4.43. The van der Waals surface area contributed by atoms with E-state index < -0.39 is 0 Å². The highest BCUT2D eigenvalue weighted by atomic mass is 32.2. The number of fused-ring (bicyclic) bond motifs is 1. The number of hydrogen-bond donors (Lipinski definition) is 1. The number of carbonyl (C=O) groups is 1. The van der Waals surface area contributed by atoms with Gasteiger partial charge in [-0.05, 0) is 36.6 Å². The molecule has 1 N–H and O–H groups in total. The van der Waals surface area contributed by atoms with Crippen molar-refractivity contribution in [3.63, 3.8) is 0 Å². The van der Waals surface area contributed by atoms with E-state index in [0.717, 1.165) is 4.90 Å². The van der Waals surface area contributed by atoms with E-state index in [1.165, 1.54) is 28.9 Å². The number of thioether (sulfide) groups is 1. The Morgan fingerprint density at radius 3 is 2.95 bits per heavy atom. The molecule has 3 rings (SSSR count). The summed E-state index contributed by atoms with van der Waals surface area (Å²) in [4.78, 5) is 17.4. The van der Waals surface area contributed by atoms with Crippen LogP contribution in [0.4, 0.5) is 10.1 Å². The van der Waals surface area contributed by atoms with Crippen LogP contribution in [0.3, 0.4) is 0 Å². The van der Waals surface area contributed by atoms with Crippen molar-refractivity contribution < 1.29 is 9.18 Å². The number of aromatic nitrogens is 2. The van der Waals surface area contributed by atoms with Gasteiger partial charge in [0.05, 0.1) is 0 Å². The molecule has 0 aliphatic carbocycles. The van der Waals surface area contributed by atoms with Crippen LogP contribution >= 0.6 is 11.8 Å². The first-order chi connectivity index (χ1) is 10.2. The van der Waals surface area contributed by atoms with E-state index >= 15 is 0 Å². The first-order valence-corrected chi connectivity index (χ1v) is 7.48. The molecule has 0 aliphatic heterocycles. The number of benzene rings is 1. The quantitative estimate of drug-likeness (QED) is 0.754. The molecule has 1 aromatic carbocycles. The maximum absolute atomic E-state index is 13.1. The fourth-order valence-corrected chi connectivity index (χ4v) is 2.43. The predicted octanol–water partition coefficient (Wildman–Crippen LogP) is 3.45. The van der Waals surface area contributed by atoms with Crippen LogP contribution in [0.1, 0.15) is 10.5 Å². The number of rotatable bonds is 3. The Hall–Kier alpha value is -2.34. The largest absolute Gasteiger partial charge is 0.321 e. The van der Waals surface area contributed by atoms with Gasteiger partial charge in [-0.15, -0.1) is 11.8 Å². The Labute approximate surface area is 125 Å². The number of nitrogens with zero attached hydrogens (tertiary/aromatic N) is 2. The Bertz CT molecular complexity index is 816. The lowest BCUT2D eigenvalue weighted by Gasteiger charge is -2.04. The minimum absolute atomic E-state index is 0.246. The van der Waals surface area contributed by atoms with Gasteiger partial charge in [0, 0.05) is 23.0 Å². The van der Waals surface area contributed by atoms with Crippen molar-refractivity contribution in [1.82, 2.24) is 9.38 Å². The van der Waals surface area contributed by atoms with Gasteiger partial charge in [-0.1, -0.05) is 6.07 Å². The lowest BCUT2D eigenvalue weighted by Crippen LogP contribution is -2.12. The number of nitrogens with one attached hydrogen (secondary N) is 1. The molecular formula is C15H12FN3OS. The predicted molar refractivity (Wildman–Crippen MR) is 81.3 cm³/mol. The van der Waals surface area contributed by atoms with Crippen LogP contribution in [-0.4, -0.2) is 21.5 Å². The van der Waals surface area contributed by atoms with Crippen LogP contribution in [0.15, 0.2) is 53.7 Å². The lowest BCUT2D eigenvalue weighted by molar-refractivity contribution is 0.102. The van der Waals surface area contributed by atoms with Crippen molar-refractivity contribution in [3.05, 3.63) is 60.3 Å². The molecule has 2 aromatic heterocycles. The molecule has 0 spiro atoms. The molecule has 0 fully saturated rings. The average molecular weight is 301 g/mol. The normalized spacial score (nSPS) is 10.8.